The van der Waals surface area contributed by atoms with Crippen LogP contribution in [0.2, 0.25) is 0 Å². The van der Waals surface area contributed by atoms with Crippen LogP contribution in [-0.2, 0) is 0 Å². The van der Waals surface area contributed by atoms with Gasteiger partial charge in [0.25, 0.3) is 0 Å². The molecule has 1 saturated carbocycles. The van der Waals surface area contributed by atoms with E-state index in [1.165, 1.54) is 12.8 Å². The van der Waals surface area contributed by atoms with Crippen LogP contribution in [0, 0.1) is 5.92 Å². The van der Waals surface area contributed by atoms with Gasteiger partial charge in [-0.25, -0.2) is 0 Å². The summed E-state index contributed by atoms with van der Waals surface area (Å²) >= 11 is 0. The van der Waals surface area contributed by atoms with Crippen molar-refractivity contribution in [3.05, 3.63) is 0 Å². The van der Waals surface area contributed by atoms with Crippen LogP contribution >= 0.6 is 0 Å². The molecule has 2 fully saturated rings. The number of β-amino-alcohol motifs (C(OH)–C–C–N with tert-alkyl or cyclic N) is 1. The van der Waals surface area contributed by atoms with E-state index in [9.17, 15) is 5.11 Å². The molecule has 0 amide bonds. The third-order valence-corrected chi connectivity index (χ3v) is 3.22. The maximum atomic E-state index is 10.0. The van der Waals surface area contributed by atoms with E-state index in [0.29, 0.717) is 5.92 Å². The largest absolute Gasteiger partial charge is 0.387 e. The zero-order valence-corrected chi connectivity index (χ0v) is 8.30. The zero-order chi connectivity index (χ0) is 8.98. The second-order valence-electron chi connectivity index (χ2n) is 5.40. The van der Waals surface area contributed by atoms with Gasteiger partial charge in [0.1, 0.15) is 0 Å². The van der Waals surface area contributed by atoms with Gasteiger partial charge in [-0.1, -0.05) is 0 Å². The summed E-state index contributed by atoms with van der Waals surface area (Å²) in [6.45, 7) is 8.40. The maximum Gasteiger partial charge on any atom is 0.0928 e. The van der Waals surface area contributed by atoms with Gasteiger partial charge in [-0.05, 0) is 39.5 Å². The first-order valence-electron chi connectivity index (χ1n) is 4.89. The molecular weight excluding hydrogens is 150 g/mol. The average Bonchev–Trinajstić information content (AvgIpc) is 2.58. The van der Waals surface area contributed by atoms with Crippen LogP contribution in [0.1, 0.15) is 33.6 Å². The lowest BCUT2D eigenvalue weighted by atomic mass is 9.84. The monoisotopic (exact) mass is 169 g/mol. The van der Waals surface area contributed by atoms with Gasteiger partial charge in [0.05, 0.1) is 5.60 Å². The second-order valence-corrected chi connectivity index (χ2v) is 5.40. The Morgan fingerprint density at radius 2 is 1.75 bits per heavy atom. The molecule has 2 heteroatoms. The number of likely N-dealkylation sites (tertiary alicyclic amines) is 1. The molecule has 1 N–H and O–H groups in total. The highest BCUT2D eigenvalue weighted by Gasteiger charge is 2.53. The van der Waals surface area contributed by atoms with Crippen molar-refractivity contribution in [1.29, 1.82) is 0 Å². The van der Waals surface area contributed by atoms with Gasteiger partial charge < -0.3 is 5.11 Å². The Labute approximate surface area is 74.6 Å². The fourth-order valence-electron chi connectivity index (χ4n) is 1.97. The number of hydrogen-bond donors (Lipinski definition) is 1. The fraction of sp³-hybridized carbons (Fsp3) is 1.00. The summed E-state index contributed by atoms with van der Waals surface area (Å²) in [5, 5.41) is 10.0. The minimum absolute atomic E-state index is 0.237. The lowest BCUT2D eigenvalue weighted by Gasteiger charge is -2.53. The number of hydrogen-bond acceptors (Lipinski definition) is 2. The van der Waals surface area contributed by atoms with E-state index in [2.05, 4.69) is 25.7 Å². The average molecular weight is 169 g/mol. The number of nitrogens with zero attached hydrogens (tertiary/aromatic N) is 1. The Kier molecular flexibility index (Phi) is 1.59. The molecule has 1 aliphatic carbocycles. The predicted molar refractivity (Wildman–Crippen MR) is 49.0 cm³/mol. The summed E-state index contributed by atoms with van der Waals surface area (Å²) < 4.78 is 0. The Hall–Kier alpha value is -0.0800. The molecule has 0 aromatic heterocycles. The summed E-state index contributed by atoms with van der Waals surface area (Å²) in [5.74, 6) is 0.621. The first-order chi connectivity index (χ1) is 5.42. The van der Waals surface area contributed by atoms with Crippen LogP contribution in [0.15, 0.2) is 0 Å². The molecule has 0 radical (unpaired) electrons. The molecule has 2 nitrogen and oxygen atoms in total. The second kappa shape index (κ2) is 2.24. The molecule has 12 heavy (non-hydrogen) atoms. The highest BCUT2D eigenvalue weighted by atomic mass is 16.3. The lowest BCUT2D eigenvalue weighted by Crippen LogP contribution is -2.68. The van der Waals surface area contributed by atoms with Crippen molar-refractivity contribution in [2.75, 3.05) is 13.1 Å². The van der Waals surface area contributed by atoms with E-state index in [1.807, 2.05) is 0 Å². The predicted octanol–water partition coefficient (Wildman–Crippen LogP) is 1.24. The molecule has 0 atom stereocenters. The number of rotatable bonds is 1. The summed E-state index contributed by atoms with van der Waals surface area (Å²) in [6.07, 6.45) is 2.49. The van der Waals surface area contributed by atoms with Crippen molar-refractivity contribution in [3.63, 3.8) is 0 Å². The first kappa shape index (κ1) is 8.52. The molecule has 0 spiro atoms. The van der Waals surface area contributed by atoms with Gasteiger partial charge in [-0.2, -0.15) is 0 Å². The first-order valence-corrected chi connectivity index (χ1v) is 4.89. The van der Waals surface area contributed by atoms with Crippen molar-refractivity contribution in [2.45, 2.75) is 44.8 Å². The normalized spacial score (nSPS) is 30.0. The van der Waals surface area contributed by atoms with Crippen molar-refractivity contribution in [3.8, 4) is 0 Å². The van der Waals surface area contributed by atoms with E-state index in [0.717, 1.165) is 13.1 Å². The molecular formula is C10H19NO. The SMILES string of the molecule is CC(C)(C)N1CC(O)(C2CC2)C1. The lowest BCUT2D eigenvalue weighted by molar-refractivity contribution is -0.144. The molecule has 1 saturated heterocycles. The molecule has 0 bridgehead atoms. The molecule has 70 valence electrons. The third kappa shape index (κ3) is 1.27. The van der Waals surface area contributed by atoms with Crippen molar-refractivity contribution in [2.24, 2.45) is 5.92 Å². The van der Waals surface area contributed by atoms with E-state index in [4.69, 9.17) is 0 Å². The van der Waals surface area contributed by atoms with Gasteiger partial charge in [-0.15, -0.1) is 0 Å². The smallest absolute Gasteiger partial charge is 0.0928 e. The van der Waals surface area contributed by atoms with Crippen LogP contribution in [0.4, 0.5) is 0 Å². The van der Waals surface area contributed by atoms with Crippen LogP contribution in [-0.4, -0.2) is 34.2 Å². The van der Waals surface area contributed by atoms with E-state index >= 15 is 0 Å². The fourth-order valence-corrected chi connectivity index (χ4v) is 1.97. The zero-order valence-electron chi connectivity index (χ0n) is 8.30. The topological polar surface area (TPSA) is 23.5 Å². The van der Waals surface area contributed by atoms with Gasteiger partial charge in [0, 0.05) is 18.6 Å². The third-order valence-electron chi connectivity index (χ3n) is 3.22. The van der Waals surface area contributed by atoms with Gasteiger partial charge in [0.2, 0.25) is 0 Å². The van der Waals surface area contributed by atoms with Crippen LogP contribution in [0.3, 0.4) is 0 Å². The molecule has 0 aromatic carbocycles. The summed E-state index contributed by atoms with van der Waals surface area (Å²) in [4.78, 5) is 2.35. The van der Waals surface area contributed by atoms with E-state index in [1.54, 1.807) is 0 Å². The molecule has 0 aromatic rings. The molecule has 1 aliphatic heterocycles. The summed E-state index contributed by atoms with van der Waals surface area (Å²) in [6, 6.07) is 0. The minimum Gasteiger partial charge on any atom is -0.387 e. The minimum atomic E-state index is -0.312. The highest BCUT2D eigenvalue weighted by Crippen LogP contribution is 2.46. The molecule has 1 heterocycles. The van der Waals surface area contributed by atoms with Gasteiger partial charge >= 0.3 is 0 Å². The van der Waals surface area contributed by atoms with Gasteiger partial charge in [0.15, 0.2) is 0 Å². The molecule has 0 unspecified atom stereocenters. The van der Waals surface area contributed by atoms with Crippen LogP contribution < -0.4 is 0 Å². The number of aliphatic hydroxyl groups is 1. The summed E-state index contributed by atoms with van der Waals surface area (Å²) in [5.41, 5.74) is -0.0750. The Morgan fingerprint density at radius 1 is 1.25 bits per heavy atom. The highest BCUT2D eigenvalue weighted by molar-refractivity contribution is 5.07. The van der Waals surface area contributed by atoms with E-state index < -0.39 is 0 Å². The molecule has 2 aliphatic rings. The Balaban J connectivity index is 1.90. The standard InChI is InChI=1S/C10H19NO/c1-9(2,3)11-6-10(12,7-11)8-4-5-8/h8,12H,4-7H2,1-3H3. The summed E-state index contributed by atoms with van der Waals surface area (Å²) in [7, 11) is 0. The molecule has 2 rings (SSSR count). The van der Waals surface area contributed by atoms with Crippen LogP contribution in [0.25, 0.3) is 0 Å². The van der Waals surface area contributed by atoms with Crippen LogP contribution in [0.5, 0.6) is 0 Å². The van der Waals surface area contributed by atoms with Crippen molar-refractivity contribution >= 4 is 0 Å². The van der Waals surface area contributed by atoms with E-state index in [-0.39, 0.29) is 11.1 Å². The Bertz CT molecular complexity index is 185. The quantitative estimate of drug-likeness (QED) is 0.638. The van der Waals surface area contributed by atoms with Gasteiger partial charge in [-0.3, -0.25) is 4.90 Å². The maximum absolute atomic E-state index is 10.0. The van der Waals surface area contributed by atoms with Crippen molar-refractivity contribution < 1.29 is 5.11 Å². The van der Waals surface area contributed by atoms with Crippen molar-refractivity contribution in [1.82, 2.24) is 4.90 Å². The Morgan fingerprint density at radius 3 is 2.08 bits per heavy atom.